The molecule has 0 atom stereocenters. The van der Waals surface area contributed by atoms with Gasteiger partial charge in [0, 0.05) is 58.8 Å². The van der Waals surface area contributed by atoms with Crippen LogP contribution in [0.1, 0.15) is 6.92 Å². The number of hydrogen-bond acceptors (Lipinski definition) is 9. The Labute approximate surface area is 210 Å². The summed E-state index contributed by atoms with van der Waals surface area (Å²) in [7, 11) is 1.91. The number of piperazine rings is 1. The minimum atomic E-state index is -4.81. The number of carbonyl (C=O) groups is 1. The molecule has 37 heavy (non-hydrogen) atoms. The molecule has 1 aromatic carbocycles. The Morgan fingerprint density at radius 3 is 2.68 bits per heavy atom. The predicted octanol–water partition coefficient (Wildman–Crippen LogP) is 2.09. The number of amides is 1. The fourth-order valence-electron chi connectivity index (χ4n) is 4.51. The Morgan fingerprint density at radius 1 is 1.16 bits per heavy atom. The molecule has 0 bridgehead atoms. The van der Waals surface area contributed by atoms with Gasteiger partial charge < -0.3 is 24.6 Å². The number of hydrogen-bond donors (Lipinski definition) is 1. The van der Waals surface area contributed by atoms with Crippen molar-refractivity contribution < 1.29 is 27.4 Å². The number of nitrogens with zero attached hydrogens (tertiary/aromatic N) is 7. The number of nitrogens with one attached hydrogen (secondary N) is 1. The number of likely N-dealkylation sites (N-methyl/N-ethyl adjacent to an activating group) is 1. The summed E-state index contributed by atoms with van der Waals surface area (Å²) in [5, 5.41) is 16.5. The molecule has 1 amide bonds. The third kappa shape index (κ3) is 5.33. The molecule has 0 saturated carbocycles. The molecule has 3 aromatic rings. The number of alkyl halides is 3. The molecule has 1 N–H and O–H groups in total. The maximum Gasteiger partial charge on any atom is 0.573 e. The molecule has 11 nitrogen and oxygen atoms in total. The van der Waals surface area contributed by atoms with E-state index in [0.29, 0.717) is 61.3 Å². The molecule has 4 heterocycles. The smallest absolute Gasteiger partial charge is 0.486 e. The van der Waals surface area contributed by atoms with E-state index in [1.807, 2.05) is 16.8 Å². The molecule has 0 radical (unpaired) electrons. The number of carbonyl (C=O) groups excluding carboxylic acids is 1. The van der Waals surface area contributed by atoms with E-state index in [1.165, 1.54) is 22.7 Å². The van der Waals surface area contributed by atoms with Crippen molar-refractivity contribution in [2.24, 2.45) is 0 Å². The zero-order chi connectivity index (χ0) is 26.2. The molecule has 5 rings (SSSR count). The second kappa shape index (κ2) is 9.92. The average molecular weight is 521 g/mol. The van der Waals surface area contributed by atoms with Crippen LogP contribution in [0.5, 0.6) is 11.5 Å². The van der Waals surface area contributed by atoms with E-state index in [0.717, 1.165) is 19.6 Å². The van der Waals surface area contributed by atoms with Crippen LogP contribution in [-0.4, -0.2) is 101 Å². The topological polar surface area (TPSA) is 100 Å². The Bertz CT molecular complexity index is 1290. The minimum Gasteiger partial charge on any atom is -0.486 e. The van der Waals surface area contributed by atoms with Gasteiger partial charge in [0.05, 0.1) is 6.54 Å². The first kappa shape index (κ1) is 24.9. The third-order valence-corrected chi connectivity index (χ3v) is 6.40. The van der Waals surface area contributed by atoms with E-state index in [1.54, 1.807) is 13.0 Å². The summed E-state index contributed by atoms with van der Waals surface area (Å²) in [6, 6.07) is 5.55. The summed E-state index contributed by atoms with van der Waals surface area (Å²) in [4.78, 5) is 17.7. The molecule has 2 aromatic heterocycles. The van der Waals surface area contributed by atoms with Gasteiger partial charge in [-0.15, -0.1) is 28.5 Å². The highest BCUT2D eigenvalue weighted by atomic mass is 19.4. The van der Waals surface area contributed by atoms with Crippen LogP contribution in [0.2, 0.25) is 0 Å². The zero-order valence-electron chi connectivity index (χ0n) is 20.5. The molecule has 14 heteroatoms. The molecule has 2 aliphatic heterocycles. The maximum absolute atomic E-state index is 12.7. The number of rotatable bonds is 6. The van der Waals surface area contributed by atoms with Gasteiger partial charge in [0.1, 0.15) is 18.0 Å². The van der Waals surface area contributed by atoms with E-state index in [-0.39, 0.29) is 17.5 Å². The van der Waals surface area contributed by atoms with E-state index in [9.17, 15) is 18.0 Å². The molecule has 2 aliphatic rings. The average Bonchev–Trinajstić information content (AvgIpc) is 3.27. The number of aromatic nitrogens is 4. The van der Waals surface area contributed by atoms with E-state index < -0.39 is 6.36 Å². The first-order chi connectivity index (χ1) is 17.7. The SMILES string of the molecule is CC(=O)N1CCN(CCNc2nn3c(-c4cccc(OC(F)(F)F)c4)nnc3c3c2OCCN3C)CC1. The lowest BCUT2D eigenvalue weighted by molar-refractivity contribution is -0.274. The van der Waals surface area contributed by atoms with Crippen LogP contribution in [0.25, 0.3) is 17.0 Å². The van der Waals surface area contributed by atoms with Crippen LogP contribution in [0.3, 0.4) is 0 Å². The number of halogens is 3. The van der Waals surface area contributed by atoms with Gasteiger partial charge in [-0.3, -0.25) is 9.69 Å². The van der Waals surface area contributed by atoms with Crippen molar-refractivity contribution in [3.63, 3.8) is 0 Å². The first-order valence-electron chi connectivity index (χ1n) is 11.9. The van der Waals surface area contributed by atoms with E-state index in [2.05, 4.69) is 30.2 Å². The van der Waals surface area contributed by atoms with Crippen molar-refractivity contribution in [1.82, 2.24) is 29.6 Å². The van der Waals surface area contributed by atoms with Gasteiger partial charge in [-0.05, 0) is 12.1 Å². The van der Waals surface area contributed by atoms with Gasteiger partial charge >= 0.3 is 6.36 Å². The monoisotopic (exact) mass is 520 g/mol. The zero-order valence-corrected chi connectivity index (χ0v) is 20.5. The normalized spacial score (nSPS) is 16.5. The number of benzene rings is 1. The van der Waals surface area contributed by atoms with Crippen LogP contribution < -0.4 is 19.7 Å². The molecule has 198 valence electrons. The van der Waals surface area contributed by atoms with E-state index >= 15 is 0 Å². The van der Waals surface area contributed by atoms with Gasteiger partial charge in [0.25, 0.3) is 0 Å². The van der Waals surface area contributed by atoms with Crippen molar-refractivity contribution in [3.8, 4) is 22.9 Å². The first-order valence-corrected chi connectivity index (χ1v) is 11.9. The van der Waals surface area contributed by atoms with Crippen molar-refractivity contribution in [2.75, 3.05) is 69.7 Å². The fraction of sp³-hybridized carbons (Fsp3) is 0.478. The summed E-state index contributed by atoms with van der Waals surface area (Å²) in [6.45, 7) is 6.97. The second-order valence-electron chi connectivity index (χ2n) is 8.91. The molecule has 0 unspecified atom stereocenters. The summed E-state index contributed by atoms with van der Waals surface area (Å²) in [6.07, 6.45) is -4.81. The predicted molar refractivity (Wildman–Crippen MR) is 129 cm³/mol. The largest absolute Gasteiger partial charge is 0.573 e. The molecule has 1 saturated heterocycles. The standard InChI is InChI=1S/C23H27F3N8O3/c1-15(35)33-10-8-32(9-11-33)7-6-27-20-19-18(31(2)12-13-36-19)22-29-28-21(34(22)30-20)16-4-3-5-17(14-16)37-23(24,25)26/h3-5,14H,6-13H2,1-2H3,(H,27,30). The van der Waals surface area contributed by atoms with Gasteiger partial charge in [0.15, 0.2) is 17.4 Å². The molecule has 0 aliphatic carbocycles. The molecule has 0 spiro atoms. The quantitative estimate of drug-likeness (QED) is 0.524. The maximum atomic E-state index is 12.7. The van der Waals surface area contributed by atoms with Crippen LogP contribution in [-0.2, 0) is 4.79 Å². The van der Waals surface area contributed by atoms with Crippen LogP contribution in [0, 0.1) is 0 Å². The van der Waals surface area contributed by atoms with Crippen molar-refractivity contribution in [3.05, 3.63) is 24.3 Å². The summed E-state index contributed by atoms with van der Waals surface area (Å²) >= 11 is 0. The Hall–Kier alpha value is -3.81. The van der Waals surface area contributed by atoms with Crippen molar-refractivity contribution in [1.29, 1.82) is 0 Å². The van der Waals surface area contributed by atoms with Crippen LogP contribution >= 0.6 is 0 Å². The van der Waals surface area contributed by atoms with Crippen LogP contribution in [0.4, 0.5) is 24.7 Å². The third-order valence-electron chi connectivity index (χ3n) is 6.40. The highest BCUT2D eigenvalue weighted by molar-refractivity contribution is 5.83. The van der Waals surface area contributed by atoms with Crippen LogP contribution in [0.15, 0.2) is 24.3 Å². The van der Waals surface area contributed by atoms with Gasteiger partial charge in [-0.2, -0.15) is 4.52 Å². The summed E-state index contributed by atoms with van der Waals surface area (Å²) in [5.41, 5.74) is 1.50. The Kier molecular flexibility index (Phi) is 6.67. The minimum absolute atomic E-state index is 0.0865. The molecule has 1 fully saturated rings. The fourth-order valence-corrected chi connectivity index (χ4v) is 4.51. The van der Waals surface area contributed by atoms with Gasteiger partial charge in [0.2, 0.25) is 11.6 Å². The molecular weight excluding hydrogens is 493 g/mol. The highest BCUT2D eigenvalue weighted by Gasteiger charge is 2.32. The number of ether oxygens (including phenoxy) is 2. The summed E-state index contributed by atoms with van der Waals surface area (Å²) < 4.78 is 49.8. The lowest BCUT2D eigenvalue weighted by Crippen LogP contribution is -2.49. The van der Waals surface area contributed by atoms with Gasteiger partial charge in [-0.1, -0.05) is 12.1 Å². The van der Waals surface area contributed by atoms with Crippen molar-refractivity contribution in [2.45, 2.75) is 13.3 Å². The number of anilines is 2. The highest BCUT2D eigenvalue weighted by Crippen LogP contribution is 2.40. The lowest BCUT2D eigenvalue weighted by atomic mass is 10.2. The molecular formula is C23H27F3N8O3. The lowest BCUT2D eigenvalue weighted by Gasteiger charge is -2.34. The van der Waals surface area contributed by atoms with Crippen molar-refractivity contribution >= 4 is 23.1 Å². The Balaban J connectivity index is 1.42. The summed E-state index contributed by atoms with van der Waals surface area (Å²) in [5.74, 6) is 1.04. The van der Waals surface area contributed by atoms with Gasteiger partial charge in [-0.25, -0.2) is 0 Å². The van der Waals surface area contributed by atoms with E-state index in [4.69, 9.17) is 4.74 Å². The Morgan fingerprint density at radius 2 is 1.95 bits per heavy atom. The number of fused-ring (bicyclic) bond motifs is 3. The second-order valence-corrected chi connectivity index (χ2v) is 8.91.